The number of carbonyl (C=O) groups is 1. The van der Waals surface area contributed by atoms with Crippen molar-refractivity contribution in [3.05, 3.63) is 43.0 Å². The minimum Gasteiger partial charge on any atom is -0.452 e. The quantitative estimate of drug-likeness (QED) is 0.477. The first-order valence-electron chi connectivity index (χ1n) is 12.3. The van der Waals surface area contributed by atoms with Gasteiger partial charge in [0.25, 0.3) is 0 Å². The lowest BCUT2D eigenvalue weighted by atomic mass is 10.0. The third kappa shape index (κ3) is 4.00. The minimum absolute atomic E-state index is 0.136. The Morgan fingerprint density at radius 3 is 2.54 bits per heavy atom. The molecule has 6 rings (SSSR count). The molecule has 2 saturated heterocycles. The van der Waals surface area contributed by atoms with Gasteiger partial charge in [-0.25, -0.2) is 9.97 Å². The van der Waals surface area contributed by atoms with Gasteiger partial charge in [-0.3, -0.25) is 9.48 Å². The van der Waals surface area contributed by atoms with Crippen molar-refractivity contribution in [1.82, 2.24) is 24.6 Å². The molecule has 9 nitrogen and oxygen atoms in total. The van der Waals surface area contributed by atoms with Crippen LogP contribution in [0.1, 0.15) is 38.6 Å². The van der Waals surface area contributed by atoms with E-state index in [0.717, 1.165) is 66.9 Å². The molecule has 1 amide bonds. The van der Waals surface area contributed by atoms with Gasteiger partial charge < -0.3 is 20.0 Å². The summed E-state index contributed by atoms with van der Waals surface area (Å²) in [4.78, 5) is 24.9. The lowest BCUT2D eigenvalue weighted by molar-refractivity contribution is -0.130. The van der Waals surface area contributed by atoms with E-state index >= 15 is 0 Å². The van der Waals surface area contributed by atoms with Gasteiger partial charge in [0, 0.05) is 73.8 Å². The number of rotatable bonds is 4. The molecule has 2 aliphatic rings. The fourth-order valence-electron chi connectivity index (χ4n) is 5.20. The van der Waals surface area contributed by atoms with Crippen molar-refractivity contribution in [2.75, 3.05) is 36.8 Å². The van der Waals surface area contributed by atoms with Crippen LogP contribution < -0.4 is 10.6 Å². The molecular weight excluding hydrogens is 442 g/mol. The van der Waals surface area contributed by atoms with Crippen molar-refractivity contribution >= 4 is 28.5 Å². The Labute approximate surface area is 203 Å². The molecule has 0 atom stereocenters. The van der Waals surface area contributed by atoms with Gasteiger partial charge in [-0.15, -0.1) is 0 Å². The summed E-state index contributed by atoms with van der Waals surface area (Å²) in [6, 6.07) is 6.39. The standard InChI is InChI=1S/C26H29N7O2/c1-17(34)31-10-6-20(7-11-31)33-16-19(14-30-33)22-15-29-26(27)25-21(22)12-23(35-25)18-4-5-24(28-13-18)32-8-2-3-9-32/h4-5,12-16,20H,2-3,6-11H2,1H3,(H2,27,29). The van der Waals surface area contributed by atoms with Crippen LogP contribution in [0.25, 0.3) is 33.4 Å². The highest BCUT2D eigenvalue weighted by molar-refractivity contribution is 6.00. The second-order valence-electron chi connectivity index (χ2n) is 9.46. The van der Waals surface area contributed by atoms with Crippen LogP contribution in [0.4, 0.5) is 11.6 Å². The molecule has 4 aromatic heterocycles. The predicted molar refractivity (Wildman–Crippen MR) is 135 cm³/mol. The molecule has 0 bridgehead atoms. The van der Waals surface area contributed by atoms with Crippen molar-refractivity contribution in [3.63, 3.8) is 0 Å². The monoisotopic (exact) mass is 471 g/mol. The molecule has 0 aromatic carbocycles. The maximum absolute atomic E-state index is 11.6. The van der Waals surface area contributed by atoms with Crippen molar-refractivity contribution in [2.45, 2.75) is 38.6 Å². The van der Waals surface area contributed by atoms with E-state index in [-0.39, 0.29) is 11.9 Å². The van der Waals surface area contributed by atoms with Crippen LogP contribution in [0.15, 0.2) is 47.4 Å². The number of anilines is 2. The molecule has 0 spiro atoms. The Hall–Kier alpha value is -3.88. The number of carbonyl (C=O) groups excluding carboxylic acids is 1. The number of nitrogens with zero attached hydrogens (tertiary/aromatic N) is 6. The van der Waals surface area contributed by atoms with Gasteiger partial charge in [0.05, 0.1) is 12.2 Å². The van der Waals surface area contributed by atoms with Gasteiger partial charge in [0.1, 0.15) is 11.6 Å². The average Bonchev–Trinajstić information content (AvgIpc) is 3.66. The first-order chi connectivity index (χ1) is 17.1. The van der Waals surface area contributed by atoms with Crippen LogP contribution >= 0.6 is 0 Å². The maximum atomic E-state index is 11.6. The predicted octanol–water partition coefficient (Wildman–Crippen LogP) is 4.12. The molecule has 180 valence electrons. The van der Waals surface area contributed by atoms with E-state index in [1.165, 1.54) is 12.8 Å². The van der Waals surface area contributed by atoms with E-state index in [0.29, 0.717) is 17.2 Å². The van der Waals surface area contributed by atoms with Crippen LogP contribution in [-0.4, -0.2) is 56.7 Å². The van der Waals surface area contributed by atoms with E-state index < -0.39 is 0 Å². The van der Waals surface area contributed by atoms with Crippen LogP contribution in [0.5, 0.6) is 0 Å². The molecule has 0 saturated carbocycles. The summed E-state index contributed by atoms with van der Waals surface area (Å²) >= 11 is 0. The maximum Gasteiger partial charge on any atom is 0.219 e. The van der Waals surface area contributed by atoms with Crippen LogP contribution in [0, 0.1) is 0 Å². The number of hydrogen-bond acceptors (Lipinski definition) is 7. The largest absolute Gasteiger partial charge is 0.452 e. The molecule has 0 unspecified atom stereocenters. The van der Waals surface area contributed by atoms with Crippen molar-refractivity contribution in [2.24, 2.45) is 0 Å². The summed E-state index contributed by atoms with van der Waals surface area (Å²) in [7, 11) is 0. The first-order valence-corrected chi connectivity index (χ1v) is 12.3. The molecule has 9 heteroatoms. The molecule has 4 aromatic rings. The number of amides is 1. The number of hydrogen-bond donors (Lipinski definition) is 1. The average molecular weight is 472 g/mol. The van der Waals surface area contributed by atoms with E-state index in [1.54, 1.807) is 13.1 Å². The fourth-order valence-corrected chi connectivity index (χ4v) is 5.20. The zero-order chi connectivity index (χ0) is 23.9. The Bertz CT molecular complexity index is 1360. The second-order valence-corrected chi connectivity index (χ2v) is 9.46. The summed E-state index contributed by atoms with van der Waals surface area (Å²) in [5.74, 6) is 2.22. The molecule has 2 aliphatic heterocycles. The number of aromatic nitrogens is 4. The third-order valence-electron chi connectivity index (χ3n) is 7.25. The number of likely N-dealkylation sites (tertiary alicyclic amines) is 1. The highest BCUT2D eigenvalue weighted by Gasteiger charge is 2.23. The van der Waals surface area contributed by atoms with Gasteiger partial charge in [-0.2, -0.15) is 5.10 Å². The lowest BCUT2D eigenvalue weighted by Crippen LogP contribution is -2.37. The third-order valence-corrected chi connectivity index (χ3v) is 7.25. The topological polar surface area (TPSA) is 106 Å². The van der Waals surface area contributed by atoms with Crippen LogP contribution in [0.3, 0.4) is 0 Å². The number of piperidine rings is 1. The zero-order valence-electron chi connectivity index (χ0n) is 19.9. The Morgan fingerprint density at radius 2 is 1.83 bits per heavy atom. The highest BCUT2D eigenvalue weighted by Crippen LogP contribution is 2.37. The van der Waals surface area contributed by atoms with Crippen molar-refractivity contribution < 1.29 is 9.21 Å². The Kier molecular flexibility index (Phi) is 5.39. The SMILES string of the molecule is CC(=O)N1CCC(n2cc(-c3cnc(N)c4oc(-c5ccc(N6CCCC6)nc5)cc34)cn2)CC1. The lowest BCUT2D eigenvalue weighted by Gasteiger charge is -2.31. The normalized spacial score (nSPS) is 16.9. The number of nitrogens with two attached hydrogens (primary N) is 1. The zero-order valence-corrected chi connectivity index (χ0v) is 19.9. The van der Waals surface area contributed by atoms with Gasteiger partial charge in [0.2, 0.25) is 5.91 Å². The summed E-state index contributed by atoms with van der Waals surface area (Å²) in [5, 5.41) is 5.54. The molecule has 2 fully saturated rings. The highest BCUT2D eigenvalue weighted by atomic mass is 16.3. The molecule has 35 heavy (non-hydrogen) atoms. The number of furan rings is 1. The molecule has 0 aliphatic carbocycles. The van der Waals surface area contributed by atoms with E-state index in [4.69, 9.17) is 10.2 Å². The number of fused-ring (bicyclic) bond motifs is 1. The summed E-state index contributed by atoms with van der Waals surface area (Å²) < 4.78 is 8.17. The van der Waals surface area contributed by atoms with Crippen molar-refractivity contribution in [1.29, 1.82) is 0 Å². The molecular formula is C26H29N7O2. The minimum atomic E-state index is 0.136. The Morgan fingerprint density at radius 1 is 1.03 bits per heavy atom. The van der Waals surface area contributed by atoms with Gasteiger partial charge in [0.15, 0.2) is 11.4 Å². The molecule has 6 heterocycles. The summed E-state index contributed by atoms with van der Waals surface area (Å²) in [5.41, 5.74) is 9.55. The molecule has 2 N–H and O–H groups in total. The van der Waals surface area contributed by atoms with Crippen LogP contribution in [-0.2, 0) is 4.79 Å². The first kappa shape index (κ1) is 21.6. The van der Waals surface area contributed by atoms with E-state index in [2.05, 4.69) is 32.2 Å². The van der Waals surface area contributed by atoms with Gasteiger partial charge >= 0.3 is 0 Å². The second kappa shape index (κ2) is 8.72. The van der Waals surface area contributed by atoms with Crippen molar-refractivity contribution in [3.8, 4) is 22.5 Å². The fraction of sp³-hybridized carbons (Fsp3) is 0.385. The number of pyridine rings is 2. The van der Waals surface area contributed by atoms with E-state index in [1.807, 2.05) is 34.1 Å². The van der Waals surface area contributed by atoms with E-state index in [9.17, 15) is 4.79 Å². The smallest absolute Gasteiger partial charge is 0.219 e. The van der Waals surface area contributed by atoms with Gasteiger partial charge in [-0.05, 0) is 43.9 Å². The summed E-state index contributed by atoms with van der Waals surface area (Å²) in [6.45, 7) is 5.28. The van der Waals surface area contributed by atoms with Crippen LogP contribution in [0.2, 0.25) is 0 Å². The summed E-state index contributed by atoms with van der Waals surface area (Å²) in [6.07, 6.45) is 11.8. The van der Waals surface area contributed by atoms with Gasteiger partial charge in [-0.1, -0.05) is 0 Å². The Balaban J connectivity index is 1.28. The molecule has 0 radical (unpaired) electrons. The number of nitrogen functional groups attached to an aromatic ring is 1.